The number of hydrogen-bond acceptors (Lipinski definition) is 3. The van der Waals surface area contributed by atoms with E-state index in [-0.39, 0.29) is 22.6 Å². The Hall–Kier alpha value is -3.37. The summed E-state index contributed by atoms with van der Waals surface area (Å²) >= 11 is 5.90. The van der Waals surface area contributed by atoms with Crippen LogP contribution in [-0.2, 0) is 4.74 Å². The Labute approximate surface area is 193 Å². The van der Waals surface area contributed by atoms with Crippen molar-refractivity contribution in [2.45, 2.75) is 19.9 Å². The summed E-state index contributed by atoms with van der Waals surface area (Å²) in [6, 6.07) is 8.06. The molecule has 0 bridgehead atoms. The predicted octanol–water partition coefficient (Wildman–Crippen LogP) is 4.77. The van der Waals surface area contributed by atoms with Crippen LogP contribution < -0.4 is 10.6 Å². The number of H-pyrrole nitrogens is 1. The van der Waals surface area contributed by atoms with Gasteiger partial charge in [-0.2, -0.15) is 10.1 Å². The zero-order valence-corrected chi connectivity index (χ0v) is 18.5. The maximum Gasteiger partial charge on any atom is 0.280 e. The van der Waals surface area contributed by atoms with E-state index in [9.17, 15) is 18.0 Å². The molecule has 0 aliphatic heterocycles. The lowest BCUT2D eigenvalue weighted by atomic mass is 10.1. The Morgan fingerprint density at radius 1 is 1.18 bits per heavy atom. The number of rotatable bonds is 7. The summed E-state index contributed by atoms with van der Waals surface area (Å²) in [7, 11) is 0. The van der Waals surface area contributed by atoms with Crippen LogP contribution in [0.3, 0.4) is 0 Å². The number of carbonyl (C=O) groups is 1. The van der Waals surface area contributed by atoms with E-state index < -0.39 is 23.4 Å². The lowest BCUT2D eigenvalue weighted by molar-refractivity contribution is 0.100. The van der Waals surface area contributed by atoms with E-state index in [0.717, 1.165) is 18.2 Å². The van der Waals surface area contributed by atoms with Gasteiger partial charge >= 0.3 is 0 Å². The van der Waals surface area contributed by atoms with Gasteiger partial charge in [0, 0.05) is 34.9 Å². The third-order valence-electron chi connectivity index (χ3n) is 4.32. The quantitative estimate of drug-likeness (QED) is 0.335. The van der Waals surface area contributed by atoms with Crippen molar-refractivity contribution < 1.29 is 22.7 Å². The predicted molar refractivity (Wildman–Crippen MR) is 120 cm³/mol. The van der Waals surface area contributed by atoms with Gasteiger partial charge < -0.3 is 15.4 Å². The molecule has 0 unspecified atom stereocenters. The number of hydrogen-bond donors (Lipinski definition) is 3. The Morgan fingerprint density at radius 2 is 1.97 bits per heavy atom. The monoisotopic (exact) mass is 479 g/mol. The molecule has 1 heterocycles. The fraction of sp³-hybridized carbons (Fsp3) is 0.227. The molecule has 3 N–H and O–H groups in total. The van der Waals surface area contributed by atoms with Crippen LogP contribution in [0.4, 0.5) is 19.0 Å². The summed E-state index contributed by atoms with van der Waals surface area (Å²) in [6.45, 7) is 4.48. The highest BCUT2D eigenvalue weighted by molar-refractivity contribution is 6.30. The third kappa shape index (κ3) is 6.80. The number of aliphatic imine (C=N–C) groups is 1. The summed E-state index contributed by atoms with van der Waals surface area (Å²) in [5.41, 5.74) is 0.707. The molecule has 7 nitrogen and oxygen atoms in total. The SMILES string of the molecule is CCOC[C@H](C)N/C(=N/C(=O)c1ccc(F)c(F)c1)Nc1cc(-c2cc(F)cc(Cl)c2)n[nH]1. The molecular formula is C22H21ClF3N5O2. The molecule has 0 saturated heterocycles. The molecule has 1 aromatic heterocycles. The van der Waals surface area contributed by atoms with Crippen LogP contribution in [0.25, 0.3) is 11.3 Å². The second-order valence-electron chi connectivity index (χ2n) is 7.05. The van der Waals surface area contributed by atoms with E-state index in [1.807, 2.05) is 13.8 Å². The van der Waals surface area contributed by atoms with Gasteiger partial charge in [0.15, 0.2) is 11.6 Å². The minimum atomic E-state index is -1.16. The molecule has 11 heteroatoms. The van der Waals surface area contributed by atoms with Gasteiger partial charge in [-0.1, -0.05) is 11.6 Å². The number of carbonyl (C=O) groups excluding carboxylic acids is 1. The molecule has 3 rings (SSSR count). The van der Waals surface area contributed by atoms with Crippen molar-refractivity contribution in [3.8, 4) is 11.3 Å². The Balaban J connectivity index is 1.85. The van der Waals surface area contributed by atoms with Gasteiger partial charge in [0.25, 0.3) is 5.91 Å². The second-order valence-corrected chi connectivity index (χ2v) is 7.49. The number of guanidine groups is 1. The fourth-order valence-corrected chi connectivity index (χ4v) is 3.05. The van der Waals surface area contributed by atoms with Crippen molar-refractivity contribution in [2.75, 3.05) is 18.5 Å². The topological polar surface area (TPSA) is 91.4 Å². The zero-order valence-electron chi connectivity index (χ0n) is 17.8. The average molecular weight is 480 g/mol. The number of aromatic nitrogens is 2. The number of halogens is 4. The molecule has 33 heavy (non-hydrogen) atoms. The highest BCUT2D eigenvalue weighted by Crippen LogP contribution is 2.24. The van der Waals surface area contributed by atoms with Crippen molar-refractivity contribution in [1.29, 1.82) is 0 Å². The van der Waals surface area contributed by atoms with Gasteiger partial charge in [0.05, 0.1) is 12.3 Å². The van der Waals surface area contributed by atoms with E-state index in [1.54, 1.807) is 12.1 Å². The van der Waals surface area contributed by atoms with E-state index in [0.29, 0.717) is 30.3 Å². The number of amides is 1. The van der Waals surface area contributed by atoms with Gasteiger partial charge in [0.2, 0.25) is 5.96 Å². The number of anilines is 1. The van der Waals surface area contributed by atoms with E-state index >= 15 is 0 Å². The van der Waals surface area contributed by atoms with Gasteiger partial charge in [-0.3, -0.25) is 9.89 Å². The molecule has 3 aromatic rings. The fourth-order valence-electron chi connectivity index (χ4n) is 2.82. The molecule has 0 radical (unpaired) electrons. The van der Waals surface area contributed by atoms with Crippen molar-refractivity contribution >= 4 is 29.3 Å². The van der Waals surface area contributed by atoms with E-state index in [1.165, 1.54) is 12.1 Å². The number of benzene rings is 2. The average Bonchev–Trinajstić information content (AvgIpc) is 3.22. The first-order chi connectivity index (χ1) is 15.7. The summed E-state index contributed by atoms with van der Waals surface area (Å²) in [6.07, 6.45) is 0. The van der Waals surface area contributed by atoms with Gasteiger partial charge in [0.1, 0.15) is 11.6 Å². The largest absolute Gasteiger partial charge is 0.380 e. The van der Waals surface area contributed by atoms with Crippen LogP contribution in [0.5, 0.6) is 0 Å². The molecule has 2 aromatic carbocycles. The summed E-state index contributed by atoms with van der Waals surface area (Å²) in [4.78, 5) is 16.5. The molecule has 174 valence electrons. The molecule has 0 aliphatic rings. The Kier molecular flexibility index (Phi) is 8.07. The van der Waals surface area contributed by atoms with Crippen LogP contribution in [0.2, 0.25) is 5.02 Å². The first-order valence-corrected chi connectivity index (χ1v) is 10.3. The summed E-state index contributed by atoms with van der Waals surface area (Å²) < 4.78 is 45.7. The molecule has 0 saturated carbocycles. The lowest BCUT2D eigenvalue weighted by Gasteiger charge is -2.17. The minimum absolute atomic E-state index is 0.0180. The number of nitrogens with one attached hydrogen (secondary N) is 3. The van der Waals surface area contributed by atoms with Crippen LogP contribution in [0.15, 0.2) is 47.5 Å². The second kappa shape index (κ2) is 11.0. The highest BCUT2D eigenvalue weighted by Gasteiger charge is 2.14. The first-order valence-electron chi connectivity index (χ1n) is 9.96. The first kappa shape index (κ1) is 24.3. The Bertz CT molecular complexity index is 1150. The third-order valence-corrected chi connectivity index (χ3v) is 4.54. The molecule has 0 spiro atoms. The van der Waals surface area contributed by atoms with Crippen molar-refractivity contribution in [3.63, 3.8) is 0 Å². The van der Waals surface area contributed by atoms with E-state index in [2.05, 4.69) is 25.8 Å². The molecule has 1 amide bonds. The summed E-state index contributed by atoms with van der Waals surface area (Å²) in [5, 5.41) is 12.9. The molecular weight excluding hydrogens is 459 g/mol. The molecule has 1 atom stereocenters. The summed E-state index contributed by atoms with van der Waals surface area (Å²) in [5.74, 6) is -3.19. The lowest BCUT2D eigenvalue weighted by Crippen LogP contribution is -2.40. The normalized spacial score (nSPS) is 12.5. The van der Waals surface area contributed by atoms with Gasteiger partial charge in [-0.05, 0) is 50.2 Å². The van der Waals surface area contributed by atoms with Crippen LogP contribution >= 0.6 is 11.6 Å². The van der Waals surface area contributed by atoms with Crippen LogP contribution in [0, 0.1) is 17.5 Å². The minimum Gasteiger partial charge on any atom is -0.380 e. The Morgan fingerprint density at radius 3 is 2.67 bits per heavy atom. The standard InChI is InChI=1S/C22H21ClF3N5O2/c1-3-33-11-12(2)27-22(29-21(32)13-4-5-17(25)18(26)8-13)28-20-10-19(30-31-20)14-6-15(23)9-16(24)7-14/h4-10,12H,3,11H2,1-2H3,(H3,27,28,29,30,31,32)/t12-/m0/s1. The van der Waals surface area contributed by atoms with Gasteiger partial charge in [-0.15, -0.1) is 0 Å². The van der Waals surface area contributed by atoms with Gasteiger partial charge in [-0.25, -0.2) is 13.2 Å². The van der Waals surface area contributed by atoms with Crippen molar-refractivity contribution in [2.24, 2.45) is 4.99 Å². The van der Waals surface area contributed by atoms with Crippen LogP contribution in [0.1, 0.15) is 24.2 Å². The number of aromatic amines is 1. The van der Waals surface area contributed by atoms with E-state index in [4.69, 9.17) is 16.3 Å². The van der Waals surface area contributed by atoms with Crippen LogP contribution in [-0.4, -0.2) is 41.3 Å². The smallest absolute Gasteiger partial charge is 0.280 e. The van der Waals surface area contributed by atoms with Crippen molar-refractivity contribution in [3.05, 3.63) is 70.5 Å². The number of ether oxygens (including phenoxy) is 1. The molecule has 0 fully saturated rings. The zero-order chi connectivity index (χ0) is 24.0. The van der Waals surface area contributed by atoms with Crippen molar-refractivity contribution in [1.82, 2.24) is 15.5 Å². The molecule has 0 aliphatic carbocycles. The maximum atomic E-state index is 13.7. The number of nitrogens with zero attached hydrogens (tertiary/aromatic N) is 2. The maximum absolute atomic E-state index is 13.7. The highest BCUT2D eigenvalue weighted by atomic mass is 35.5.